The van der Waals surface area contributed by atoms with Crippen molar-refractivity contribution in [2.45, 2.75) is 17.6 Å². The SMILES string of the molecule is Cc1c(C(=O)Nc2ccccc2SCc2cc(Cl)cc(Cl)c2)oc2ccc(Br)cc12. The number of hydrogen-bond acceptors (Lipinski definition) is 3. The Kier molecular flexibility index (Phi) is 6.44. The van der Waals surface area contributed by atoms with Crippen molar-refractivity contribution in [3.63, 3.8) is 0 Å². The molecule has 0 fully saturated rings. The summed E-state index contributed by atoms with van der Waals surface area (Å²) in [6.07, 6.45) is 0. The second kappa shape index (κ2) is 9.06. The summed E-state index contributed by atoms with van der Waals surface area (Å²) in [4.78, 5) is 13.9. The Balaban J connectivity index is 1.55. The molecule has 152 valence electrons. The zero-order chi connectivity index (χ0) is 21.3. The van der Waals surface area contributed by atoms with E-state index in [1.165, 1.54) is 0 Å². The molecule has 4 rings (SSSR count). The Hall–Kier alpha value is -1.92. The first-order chi connectivity index (χ1) is 14.4. The molecular weight excluding hydrogens is 505 g/mol. The lowest BCUT2D eigenvalue weighted by molar-refractivity contribution is 0.0997. The van der Waals surface area contributed by atoms with Gasteiger partial charge in [-0.1, -0.05) is 51.3 Å². The molecule has 0 atom stereocenters. The van der Waals surface area contributed by atoms with E-state index in [2.05, 4.69) is 21.2 Å². The summed E-state index contributed by atoms with van der Waals surface area (Å²) < 4.78 is 6.75. The number of amides is 1. The second-order valence-electron chi connectivity index (χ2n) is 6.71. The van der Waals surface area contributed by atoms with Crippen molar-refractivity contribution in [3.05, 3.63) is 92.1 Å². The molecule has 0 spiro atoms. The number of rotatable bonds is 5. The summed E-state index contributed by atoms with van der Waals surface area (Å²) in [5.41, 5.74) is 3.22. The van der Waals surface area contributed by atoms with Gasteiger partial charge >= 0.3 is 0 Å². The zero-order valence-electron chi connectivity index (χ0n) is 15.8. The first-order valence-corrected chi connectivity index (χ1v) is 11.6. The van der Waals surface area contributed by atoms with Crippen LogP contribution in [0.2, 0.25) is 10.0 Å². The highest BCUT2D eigenvalue weighted by Crippen LogP contribution is 2.33. The molecule has 1 amide bonds. The molecule has 3 aromatic carbocycles. The molecule has 0 bridgehead atoms. The molecule has 0 saturated carbocycles. The number of fused-ring (bicyclic) bond motifs is 1. The molecule has 7 heteroatoms. The number of thioether (sulfide) groups is 1. The number of furan rings is 1. The van der Waals surface area contributed by atoms with Gasteiger partial charge in [-0.15, -0.1) is 11.8 Å². The lowest BCUT2D eigenvalue weighted by Gasteiger charge is -2.10. The monoisotopic (exact) mass is 519 g/mol. The molecule has 0 aliphatic rings. The molecule has 0 saturated heterocycles. The molecule has 4 aromatic rings. The Morgan fingerprint density at radius 2 is 1.80 bits per heavy atom. The molecule has 0 unspecified atom stereocenters. The summed E-state index contributed by atoms with van der Waals surface area (Å²) in [6.45, 7) is 1.89. The van der Waals surface area contributed by atoms with Gasteiger partial charge in [-0.05, 0) is 61.0 Å². The number of para-hydroxylation sites is 1. The number of carbonyl (C=O) groups excluding carboxylic acids is 1. The van der Waals surface area contributed by atoms with Gasteiger partial charge in [0.2, 0.25) is 0 Å². The standard InChI is InChI=1S/C23H16BrCl2NO2S/c1-13-18-10-15(24)6-7-20(18)29-22(13)23(28)27-19-4-2-3-5-21(19)30-12-14-8-16(25)11-17(26)9-14/h2-11H,12H2,1H3,(H,27,28). The van der Waals surface area contributed by atoms with E-state index in [4.69, 9.17) is 27.6 Å². The van der Waals surface area contributed by atoms with Crippen LogP contribution in [-0.4, -0.2) is 5.91 Å². The van der Waals surface area contributed by atoms with Gasteiger partial charge in [0.15, 0.2) is 5.76 Å². The van der Waals surface area contributed by atoms with E-state index in [9.17, 15) is 4.79 Å². The zero-order valence-corrected chi connectivity index (χ0v) is 19.8. The van der Waals surface area contributed by atoms with Gasteiger partial charge in [-0.25, -0.2) is 0 Å². The van der Waals surface area contributed by atoms with E-state index >= 15 is 0 Å². The number of anilines is 1. The Bertz CT molecular complexity index is 1240. The summed E-state index contributed by atoms with van der Waals surface area (Å²) in [5, 5.41) is 5.10. The van der Waals surface area contributed by atoms with E-state index in [1.807, 2.05) is 61.5 Å². The molecule has 1 aromatic heterocycles. The van der Waals surface area contributed by atoms with Crippen LogP contribution in [0.5, 0.6) is 0 Å². The highest BCUT2D eigenvalue weighted by Gasteiger charge is 2.19. The minimum atomic E-state index is -0.279. The van der Waals surface area contributed by atoms with Gasteiger partial charge in [0.05, 0.1) is 5.69 Å². The van der Waals surface area contributed by atoms with Crippen LogP contribution in [0.15, 0.2) is 74.4 Å². The fourth-order valence-corrected chi connectivity index (χ4v) is 5.01. The topological polar surface area (TPSA) is 42.2 Å². The van der Waals surface area contributed by atoms with Crippen molar-refractivity contribution in [3.8, 4) is 0 Å². The van der Waals surface area contributed by atoms with E-state index in [0.29, 0.717) is 27.1 Å². The smallest absolute Gasteiger partial charge is 0.291 e. The number of carbonyl (C=O) groups is 1. The Morgan fingerprint density at radius 3 is 2.57 bits per heavy atom. The predicted octanol–water partition coefficient (Wildman–Crippen LogP) is 8.36. The van der Waals surface area contributed by atoms with Gasteiger partial charge in [0.25, 0.3) is 5.91 Å². The lowest BCUT2D eigenvalue weighted by atomic mass is 10.1. The highest BCUT2D eigenvalue weighted by molar-refractivity contribution is 9.10. The quantitative estimate of drug-likeness (QED) is 0.269. The number of nitrogens with one attached hydrogen (secondary N) is 1. The van der Waals surface area contributed by atoms with Crippen LogP contribution in [-0.2, 0) is 5.75 Å². The van der Waals surface area contributed by atoms with Gasteiger partial charge in [-0.3, -0.25) is 4.79 Å². The third-order valence-electron chi connectivity index (χ3n) is 4.56. The molecular formula is C23H16BrCl2NO2S. The lowest BCUT2D eigenvalue weighted by Crippen LogP contribution is -2.12. The molecule has 0 aliphatic carbocycles. The third kappa shape index (κ3) is 4.70. The Labute approximate surface area is 196 Å². The maximum Gasteiger partial charge on any atom is 0.291 e. The van der Waals surface area contributed by atoms with Crippen LogP contribution in [0.3, 0.4) is 0 Å². The van der Waals surface area contributed by atoms with E-state index in [-0.39, 0.29) is 5.91 Å². The van der Waals surface area contributed by atoms with Gasteiger partial charge in [0, 0.05) is 36.1 Å². The fraction of sp³-hybridized carbons (Fsp3) is 0.0870. The number of hydrogen-bond donors (Lipinski definition) is 1. The fourth-order valence-electron chi connectivity index (χ4n) is 3.14. The highest BCUT2D eigenvalue weighted by atomic mass is 79.9. The molecule has 3 nitrogen and oxygen atoms in total. The summed E-state index contributed by atoms with van der Waals surface area (Å²) in [7, 11) is 0. The van der Waals surface area contributed by atoms with Crippen LogP contribution < -0.4 is 5.32 Å². The van der Waals surface area contributed by atoms with Crippen LogP contribution >= 0.6 is 50.9 Å². The van der Waals surface area contributed by atoms with Gasteiger partial charge in [-0.2, -0.15) is 0 Å². The Morgan fingerprint density at radius 1 is 1.07 bits per heavy atom. The first-order valence-electron chi connectivity index (χ1n) is 9.07. The van der Waals surface area contributed by atoms with Gasteiger partial charge in [0.1, 0.15) is 5.58 Å². The average Bonchev–Trinajstić information content (AvgIpc) is 3.03. The van der Waals surface area contributed by atoms with E-state index in [1.54, 1.807) is 17.8 Å². The molecule has 0 aliphatic heterocycles. The van der Waals surface area contributed by atoms with Gasteiger partial charge < -0.3 is 9.73 Å². The van der Waals surface area contributed by atoms with Crippen molar-refractivity contribution in [2.75, 3.05) is 5.32 Å². The van der Waals surface area contributed by atoms with Crippen LogP contribution in [0.25, 0.3) is 11.0 Å². The van der Waals surface area contributed by atoms with E-state index < -0.39 is 0 Å². The third-order valence-corrected chi connectivity index (χ3v) is 6.63. The minimum absolute atomic E-state index is 0.279. The predicted molar refractivity (Wildman–Crippen MR) is 129 cm³/mol. The molecule has 30 heavy (non-hydrogen) atoms. The molecule has 1 N–H and O–H groups in total. The van der Waals surface area contributed by atoms with Crippen molar-refractivity contribution in [1.29, 1.82) is 0 Å². The van der Waals surface area contributed by atoms with Crippen LogP contribution in [0.4, 0.5) is 5.69 Å². The minimum Gasteiger partial charge on any atom is -0.451 e. The summed E-state index contributed by atoms with van der Waals surface area (Å²) in [5.74, 6) is 0.702. The number of halogens is 3. The normalized spacial score (nSPS) is 11.1. The van der Waals surface area contributed by atoms with Crippen molar-refractivity contribution < 1.29 is 9.21 Å². The first kappa shape index (κ1) is 21.3. The summed E-state index contributed by atoms with van der Waals surface area (Å²) in [6, 6.07) is 18.8. The van der Waals surface area contributed by atoms with Crippen molar-refractivity contribution in [2.24, 2.45) is 0 Å². The van der Waals surface area contributed by atoms with Crippen molar-refractivity contribution >= 4 is 73.5 Å². The van der Waals surface area contributed by atoms with Crippen LogP contribution in [0, 0.1) is 6.92 Å². The maximum atomic E-state index is 12.9. The van der Waals surface area contributed by atoms with E-state index in [0.717, 1.165) is 31.6 Å². The summed E-state index contributed by atoms with van der Waals surface area (Å²) >= 11 is 17.2. The number of aryl methyl sites for hydroxylation is 1. The largest absolute Gasteiger partial charge is 0.451 e. The molecule has 0 radical (unpaired) electrons. The maximum absolute atomic E-state index is 12.9. The number of benzene rings is 3. The second-order valence-corrected chi connectivity index (χ2v) is 9.52. The van der Waals surface area contributed by atoms with Crippen LogP contribution in [0.1, 0.15) is 21.7 Å². The van der Waals surface area contributed by atoms with Crippen molar-refractivity contribution in [1.82, 2.24) is 0 Å². The average molecular weight is 521 g/mol. The molecule has 1 heterocycles.